The van der Waals surface area contributed by atoms with Crippen LogP contribution in [0.5, 0.6) is 0 Å². The van der Waals surface area contributed by atoms with E-state index in [0.717, 1.165) is 11.3 Å². The van der Waals surface area contributed by atoms with Crippen molar-refractivity contribution in [3.63, 3.8) is 0 Å². The number of aliphatic hydroxyl groups is 1. The first-order valence-electron chi connectivity index (χ1n) is 28.1. The van der Waals surface area contributed by atoms with Gasteiger partial charge in [-0.25, -0.2) is 39.7 Å². The van der Waals surface area contributed by atoms with Crippen LogP contribution in [0, 0.1) is 18.8 Å². The number of carbonyl (C=O) groups excluding carboxylic acids is 7. The standard InChI is InChI=1S/C59H62N12O12S6/c1-28(2)34-20-40(73)45-30(4)88-56(70-45)36(21-43(74)60-5)63-50(77)38-25-84-52(65-38)33-16-17-35(54-67-42(27-87-54)68-59(81)83-19-18-32(58(79)80)15-11-10-12-29(3)72)62-46(33)37-24-85-55(64-37)39-26-86-57(66-39)48(49(76)31-13-8-7-9-14-31)69-44(75)22-61-51(78)47-41(23-82-6)89-53(34)71-47/h7-9,13-14,16-17,24-28,32,34,36,48-49,76H,10-12,15,18-23H2,1-6H3,(H,60,74)(H,61,78)(H,63,77)(H,68,81)(H,69,75)(H,79,80)/t32?,34?,36-,48-,49-/m0/s1. The van der Waals surface area contributed by atoms with Gasteiger partial charge in [0.2, 0.25) is 11.8 Å². The van der Waals surface area contributed by atoms with Crippen LogP contribution in [0.3, 0.4) is 0 Å². The summed E-state index contributed by atoms with van der Waals surface area (Å²) in [6, 6.07) is 10.1. The molecule has 24 nitrogen and oxygen atoms in total. The average molecular weight is 1320 g/mol. The van der Waals surface area contributed by atoms with Gasteiger partial charge in [0.25, 0.3) is 11.8 Å². The van der Waals surface area contributed by atoms with Crippen molar-refractivity contribution in [3.8, 4) is 43.4 Å². The molecule has 1 aromatic carbocycles. The lowest BCUT2D eigenvalue weighted by Crippen LogP contribution is -2.40. The molecule has 0 saturated heterocycles. The van der Waals surface area contributed by atoms with E-state index in [1.54, 1.807) is 70.9 Å². The number of Topliss-reactive ketones (excluding diaryl/α,β-unsaturated/α-hetero) is 2. The zero-order chi connectivity index (χ0) is 63.5. The summed E-state index contributed by atoms with van der Waals surface area (Å²) >= 11 is 7.14. The number of pyridine rings is 1. The maximum atomic E-state index is 14.4. The highest BCUT2D eigenvalue weighted by atomic mass is 32.1. The molecule has 8 aromatic rings. The van der Waals surface area contributed by atoms with E-state index < -0.39 is 72.3 Å². The number of rotatable bonds is 18. The van der Waals surface area contributed by atoms with E-state index in [4.69, 9.17) is 39.4 Å². The van der Waals surface area contributed by atoms with Gasteiger partial charge in [0, 0.05) is 64.9 Å². The highest BCUT2D eigenvalue weighted by Crippen LogP contribution is 2.41. The number of aliphatic carboxylic acids is 1. The summed E-state index contributed by atoms with van der Waals surface area (Å²) in [5.74, 6) is -4.87. The van der Waals surface area contributed by atoms with Crippen LogP contribution in [-0.4, -0.2) is 120 Å². The van der Waals surface area contributed by atoms with Gasteiger partial charge in [-0.1, -0.05) is 50.6 Å². The minimum atomic E-state index is -1.29. The smallest absolute Gasteiger partial charge is 0.412 e. The van der Waals surface area contributed by atoms with Gasteiger partial charge in [0.1, 0.15) is 82.9 Å². The average Bonchev–Trinajstić information content (AvgIpc) is 1.86. The molecule has 9 rings (SSSR count). The van der Waals surface area contributed by atoms with E-state index in [2.05, 4.69) is 31.6 Å². The Hall–Kier alpha value is -7.97. The van der Waals surface area contributed by atoms with E-state index in [9.17, 15) is 48.6 Å². The number of amides is 5. The minimum absolute atomic E-state index is 0.0126. The predicted molar refractivity (Wildman–Crippen MR) is 338 cm³/mol. The number of aryl methyl sites for hydroxylation is 1. The molecule has 1 aliphatic rings. The number of hydrogen-bond acceptors (Lipinski definition) is 24. The molecule has 466 valence electrons. The Balaban J connectivity index is 1.06. The van der Waals surface area contributed by atoms with Crippen LogP contribution in [0.1, 0.15) is 152 Å². The topological polar surface area (TPSA) is 346 Å². The number of anilines is 1. The third-order valence-electron chi connectivity index (χ3n) is 14.2. The molecule has 5 atom stereocenters. The Morgan fingerprint density at radius 2 is 1.46 bits per heavy atom. The third kappa shape index (κ3) is 16.5. The molecule has 7 N–H and O–H groups in total. The molecule has 10 bridgehead atoms. The van der Waals surface area contributed by atoms with Gasteiger partial charge in [-0.3, -0.25) is 34.1 Å². The molecular weight excluding hydrogens is 1260 g/mol. The Morgan fingerprint density at radius 3 is 2.20 bits per heavy atom. The van der Waals surface area contributed by atoms with E-state index >= 15 is 0 Å². The molecule has 89 heavy (non-hydrogen) atoms. The van der Waals surface area contributed by atoms with Crippen LogP contribution in [0.15, 0.2) is 64.0 Å². The molecular formula is C59H62N12O12S6. The second-order valence-electron chi connectivity index (χ2n) is 21.0. The number of ketones is 2. The van der Waals surface area contributed by atoms with E-state index in [1.165, 1.54) is 77.8 Å². The Morgan fingerprint density at radius 1 is 0.742 bits per heavy atom. The molecule has 5 amide bonds. The SMILES string of the molecule is CNC(=O)C[C@@H]1NC(=O)c2csc(n2)-c2ccc(-c3nc(NC(=O)OCCC(CCCCC(C)=O)C(=O)O)cs3)nc2-c2csc(n2)-c2csc(n2)[C@H]([C@@H](O)c2ccccc2)NC(=O)CNC(=O)c2nc(sc2COC)C(C(C)C)CC(=O)c2nc1sc2C. The van der Waals surface area contributed by atoms with Gasteiger partial charge in [-0.2, -0.15) is 0 Å². The fourth-order valence-electron chi connectivity index (χ4n) is 9.49. The zero-order valence-electron chi connectivity index (χ0n) is 48.9. The van der Waals surface area contributed by atoms with Crippen molar-refractivity contribution in [1.29, 1.82) is 0 Å². The van der Waals surface area contributed by atoms with Crippen molar-refractivity contribution in [1.82, 2.24) is 56.2 Å². The monoisotopic (exact) mass is 1320 g/mol. The largest absolute Gasteiger partial charge is 0.481 e. The molecule has 2 unspecified atom stereocenters. The minimum Gasteiger partial charge on any atom is -0.481 e. The molecule has 0 radical (unpaired) electrons. The molecule has 0 aliphatic carbocycles. The Bertz CT molecular complexity index is 3890. The lowest BCUT2D eigenvalue weighted by molar-refractivity contribution is -0.142. The lowest BCUT2D eigenvalue weighted by Gasteiger charge is -2.23. The molecule has 30 heteroatoms. The van der Waals surface area contributed by atoms with Gasteiger partial charge in [0.05, 0.1) is 53.7 Å². The fourth-order valence-corrected chi connectivity index (χ4v) is 15.1. The number of aromatic nitrogens is 7. The molecule has 0 fully saturated rings. The molecule has 0 spiro atoms. The van der Waals surface area contributed by atoms with Gasteiger partial charge < -0.3 is 45.7 Å². The number of carboxylic acids is 1. The summed E-state index contributed by atoms with van der Waals surface area (Å²) in [4.78, 5) is 141. The highest BCUT2D eigenvalue weighted by Gasteiger charge is 2.33. The first-order valence-corrected chi connectivity index (χ1v) is 33.2. The number of aliphatic hydroxyl groups excluding tert-OH is 1. The van der Waals surface area contributed by atoms with Gasteiger partial charge in [-0.15, -0.1) is 68.0 Å². The van der Waals surface area contributed by atoms with Crippen molar-refractivity contribution < 1.29 is 58.0 Å². The molecule has 1 aliphatic heterocycles. The zero-order valence-corrected chi connectivity index (χ0v) is 53.8. The number of methoxy groups -OCH3 is 1. The number of fused-ring (bicyclic) bond motifs is 14. The normalized spacial score (nSPS) is 16.4. The third-order valence-corrected chi connectivity index (χ3v) is 20.0. The molecule has 7 aromatic heterocycles. The number of unbranched alkanes of at least 4 members (excludes halogenated alkanes) is 1. The van der Waals surface area contributed by atoms with Crippen molar-refractivity contribution in [2.24, 2.45) is 11.8 Å². The quantitative estimate of drug-likeness (QED) is 0.0393. The summed E-state index contributed by atoms with van der Waals surface area (Å²) in [6.07, 6.45) is -0.494. The molecule has 0 saturated carbocycles. The summed E-state index contributed by atoms with van der Waals surface area (Å²) in [5, 5.41) is 44.3. The number of carboxylic acid groups (broad SMARTS) is 1. The van der Waals surface area contributed by atoms with E-state index in [1.807, 2.05) is 13.8 Å². The highest BCUT2D eigenvalue weighted by molar-refractivity contribution is 7.15. The van der Waals surface area contributed by atoms with Crippen LogP contribution in [0.25, 0.3) is 43.4 Å². The number of thiazole rings is 6. The number of carbonyl (C=O) groups is 8. The fraction of sp³-hybridized carbons (Fsp3) is 0.373. The van der Waals surface area contributed by atoms with Crippen LogP contribution < -0.4 is 26.6 Å². The maximum Gasteiger partial charge on any atom is 0.412 e. The lowest BCUT2D eigenvalue weighted by atomic mass is 9.90. The summed E-state index contributed by atoms with van der Waals surface area (Å²) < 4.78 is 10.8. The van der Waals surface area contributed by atoms with Gasteiger partial charge >= 0.3 is 12.1 Å². The Kier molecular flexibility index (Phi) is 22.1. The summed E-state index contributed by atoms with van der Waals surface area (Å²) in [5.41, 5.74) is 2.64. The predicted octanol–water partition coefficient (Wildman–Crippen LogP) is 9.99. The van der Waals surface area contributed by atoms with E-state index in [0.29, 0.717) is 99.4 Å². The first kappa shape index (κ1) is 65.5. The van der Waals surface area contributed by atoms with Crippen LogP contribution in [-0.2, 0) is 35.3 Å². The van der Waals surface area contributed by atoms with E-state index in [-0.39, 0.29) is 72.9 Å². The number of hydrogen-bond donors (Lipinski definition) is 7. The Labute approximate surface area is 534 Å². The van der Waals surface area contributed by atoms with Crippen molar-refractivity contribution in [2.45, 2.75) is 103 Å². The van der Waals surface area contributed by atoms with Crippen LogP contribution >= 0.6 is 68.0 Å². The second kappa shape index (κ2) is 30.0. The van der Waals surface area contributed by atoms with Crippen molar-refractivity contribution in [3.05, 3.63) is 111 Å². The number of nitrogens with one attached hydrogen (secondary N) is 5. The van der Waals surface area contributed by atoms with Crippen LogP contribution in [0.4, 0.5) is 10.6 Å². The summed E-state index contributed by atoms with van der Waals surface area (Å²) in [7, 11) is 2.95. The summed E-state index contributed by atoms with van der Waals surface area (Å²) in [6.45, 7) is 6.44. The van der Waals surface area contributed by atoms with Crippen molar-refractivity contribution in [2.75, 3.05) is 32.6 Å². The first-order chi connectivity index (χ1) is 42.8. The number of ether oxygens (including phenoxy) is 2. The van der Waals surface area contributed by atoms with Gasteiger partial charge in [-0.05, 0) is 56.7 Å². The van der Waals surface area contributed by atoms with Crippen molar-refractivity contribution >= 4 is 121 Å². The number of nitrogens with zero attached hydrogens (tertiary/aromatic N) is 7. The number of benzene rings is 1. The van der Waals surface area contributed by atoms with Crippen LogP contribution in [0.2, 0.25) is 0 Å². The molecule has 8 heterocycles. The maximum absolute atomic E-state index is 14.4. The van der Waals surface area contributed by atoms with Gasteiger partial charge in [0.15, 0.2) is 5.78 Å². The second-order valence-corrected chi connectivity index (χ2v) is 26.8.